The molecule has 0 bridgehead atoms. The third-order valence-electron chi connectivity index (χ3n) is 3.64. The van der Waals surface area contributed by atoms with Crippen molar-refractivity contribution in [3.05, 3.63) is 22.5 Å². The number of nitrogens with zero attached hydrogens (tertiary/aromatic N) is 5. The zero-order chi connectivity index (χ0) is 16.4. The van der Waals surface area contributed by atoms with Crippen LogP contribution < -0.4 is 14.5 Å². The number of fused-ring (bicyclic) bond motifs is 1. The molecule has 124 valence electrons. The Morgan fingerprint density at radius 3 is 2.78 bits per heavy atom. The van der Waals surface area contributed by atoms with Crippen molar-refractivity contribution in [1.29, 1.82) is 0 Å². The van der Waals surface area contributed by atoms with Crippen molar-refractivity contribution >= 4 is 22.3 Å². The predicted molar refractivity (Wildman–Crippen MR) is 90.5 cm³/mol. The van der Waals surface area contributed by atoms with Crippen molar-refractivity contribution in [3.63, 3.8) is 0 Å². The van der Waals surface area contributed by atoms with Gasteiger partial charge in [-0.15, -0.1) is 0 Å². The van der Waals surface area contributed by atoms with E-state index < -0.39 is 0 Å². The lowest BCUT2D eigenvalue weighted by Gasteiger charge is -2.27. The summed E-state index contributed by atoms with van der Waals surface area (Å²) in [5.74, 6) is 2.06. The third kappa shape index (κ3) is 3.37. The summed E-state index contributed by atoms with van der Waals surface area (Å²) in [4.78, 5) is 19.2. The minimum absolute atomic E-state index is 0.370. The van der Waals surface area contributed by atoms with Crippen LogP contribution in [0.1, 0.15) is 16.4 Å². The topological polar surface area (TPSA) is 63.6 Å². The van der Waals surface area contributed by atoms with Crippen LogP contribution in [0, 0.1) is 0 Å². The molecule has 0 saturated heterocycles. The SMILES string of the molecule is COCc1nc(OC)cc(N2CCc3nc(N(C)C)sc3C2)n1. The van der Waals surface area contributed by atoms with E-state index in [0.717, 1.165) is 30.5 Å². The van der Waals surface area contributed by atoms with Gasteiger partial charge in [0.25, 0.3) is 0 Å². The molecule has 0 fully saturated rings. The monoisotopic (exact) mass is 335 g/mol. The van der Waals surface area contributed by atoms with E-state index in [0.29, 0.717) is 18.3 Å². The standard InChI is InChI=1S/C15H21N5O2S/c1-19(2)15-16-10-5-6-20(8-11(10)23-15)13-7-14(22-4)18-12(17-13)9-21-3/h7H,5-6,8-9H2,1-4H3. The summed E-state index contributed by atoms with van der Waals surface area (Å²) >= 11 is 1.74. The number of ether oxygens (including phenoxy) is 2. The minimum Gasteiger partial charge on any atom is -0.481 e. The van der Waals surface area contributed by atoms with Crippen LogP contribution in [0.25, 0.3) is 0 Å². The summed E-state index contributed by atoms with van der Waals surface area (Å²) in [5, 5.41) is 1.05. The van der Waals surface area contributed by atoms with E-state index in [2.05, 4.69) is 19.8 Å². The highest BCUT2D eigenvalue weighted by Crippen LogP contribution is 2.31. The van der Waals surface area contributed by atoms with Crippen LogP contribution in [-0.2, 0) is 24.3 Å². The molecule has 1 aliphatic rings. The molecular weight excluding hydrogens is 314 g/mol. The van der Waals surface area contributed by atoms with Gasteiger partial charge in [-0.3, -0.25) is 0 Å². The highest BCUT2D eigenvalue weighted by Gasteiger charge is 2.23. The summed E-state index contributed by atoms with van der Waals surface area (Å²) < 4.78 is 10.4. The van der Waals surface area contributed by atoms with E-state index in [1.807, 2.05) is 20.2 Å². The lowest BCUT2D eigenvalue weighted by Crippen LogP contribution is -2.30. The van der Waals surface area contributed by atoms with Crippen molar-refractivity contribution in [2.75, 3.05) is 44.7 Å². The molecule has 0 unspecified atom stereocenters. The number of methoxy groups -OCH3 is 2. The zero-order valence-electron chi connectivity index (χ0n) is 13.9. The molecule has 0 aromatic carbocycles. The second-order valence-corrected chi connectivity index (χ2v) is 6.61. The normalized spacial score (nSPS) is 13.8. The Morgan fingerprint density at radius 2 is 2.09 bits per heavy atom. The maximum atomic E-state index is 5.29. The zero-order valence-corrected chi connectivity index (χ0v) is 14.7. The fraction of sp³-hybridized carbons (Fsp3) is 0.533. The Labute approximate surface area is 139 Å². The van der Waals surface area contributed by atoms with Crippen molar-refractivity contribution < 1.29 is 9.47 Å². The molecule has 0 N–H and O–H groups in total. The summed E-state index contributed by atoms with van der Waals surface area (Å²) in [7, 11) is 7.29. The molecule has 1 aliphatic heterocycles. The molecule has 2 aromatic rings. The van der Waals surface area contributed by atoms with Crippen LogP contribution in [0.4, 0.5) is 10.9 Å². The molecule has 2 aromatic heterocycles. The number of aromatic nitrogens is 3. The van der Waals surface area contributed by atoms with Gasteiger partial charge in [-0.1, -0.05) is 11.3 Å². The lowest BCUT2D eigenvalue weighted by molar-refractivity contribution is 0.177. The molecular formula is C15H21N5O2S. The van der Waals surface area contributed by atoms with Gasteiger partial charge in [0.05, 0.1) is 19.3 Å². The number of anilines is 2. The van der Waals surface area contributed by atoms with Gasteiger partial charge >= 0.3 is 0 Å². The molecule has 23 heavy (non-hydrogen) atoms. The van der Waals surface area contributed by atoms with Gasteiger partial charge in [-0.05, 0) is 0 Å². The Morgan fingerprint density at radius 1 is 1.26 bits per heavy atom. The van der Waals surface area contributed by atoms with E-state index in [4.69, 9.17) is 14.5 Å². The molecule has 0 spiro atoms. The number of hydrogen-bond acceptors (Lipinski definition) is 8. The number of thiazole rings is 1. The largest absolute Gasteiger partial charge is 0.481 e. The molecule has 3 rings (SSSR count). The number of hydrogen-bond donors (Lipinski definition) is 0. The Hall–Kier alpha value is -1.93. The Bertz CT molecular complexity index is 689. The average molecular weight is 335 g/mol. The first kappa shape index (κ1) is 15.9. The summed E-state index contributed by atoms with van der Waals surface area (Å²) in [5.41, 5.74) is 1.20. The third-order valence-corrected chi connectivity index (χ3v) is 4.89. The lowest BCUT2D eigenvalue weighted by atomic mass is 10.2. The smallest absolute Gasteiger partial charge is 0.218 e. The van der Waals surface area contributed by atoms with Crippen LogP contribution in [0.5, 0.6) is 5.88 Å². The first-order chi connectivity index (χ1) is 11.1. The van der Waals surface area contributed by atoms with E-state index in [-0.39, 0.29) is 0 Å². The molecule has 0 amide bonds. The van der Waals surface area contributed by atoms with Crippen LogP contribution in [0.2, 0.25) is 0 Å². The van der Waals surface area contributed by atoms with E-state index in [1.165, 1.54) is 10.6 Å². The number of rotatable bonds is 5. The molecule has 8 heteroatoms. The minimum atomic E-state index is 0.370. The molecule has 0 saturated carbocycles. The molecule has 3 heterocycles. The molecule has 0 atom stereocenters. The van der Waals surface area contributed by atoms with Crippen LogP contribution in [0.3, 0.4) is 0 Å². The van der Waals surface area contributed by atoms with Crippen molar-refractivity contribution in [1.82, 2.24) is 15.0 Å². The van der Waals surface area contributed by atoms with Crippen molar-refractivity contribution in [2.45, 2.75) is 19.6 Å². The Kier molecular flexibility index (Phi) is 4.63. The van der Waals surface area contributed by atoms with Crippen molar-refractivity contribution in [3.8, 4) is 5.88 Å². The highest BCUT2D eigenvalue weighted by molar-refractivity contribution is 7.15. The Balaban J connectivity index is 1.86. The van der Waals surface area contributed by atoms with Gasteiger partial charge in [0.2, 0.25) is 5.88 Å². The van der Waals surface area contributed by atoms with Gasteiger partial charge in [-0.25, -0.2) is 9.97 Å². The summed E-state index contributed by atoms with van der Waals surface area (Å²) in [6, 6.07) is 1.87. The fourth-order valence-corrected chi connectivity index (χ4v) is 3.53. The molecule has 7 nitrogen and oxygen atoms in total. The van der Waals surface area contributed by atoms with Gasteiger partial charge in [0.1, 0.15) is 12.4 Å². The van der Waals surface area contributed by atoms with Crippen LogP contribution >= 0.6 is 11.3 Å². The summed E-state index contributed by atoms with van der Waals surface area (Å²) in [6.07, 6.45) is 0.922. The fourth-order valence-electron chi connectivity index (χ4n) is 2.49. The van der Waals surface area contributed by atoms with Gasteiger partial charge in [0, 0.05) is 45.1 Å². The average Bonchev–Trinajstić information content (AvgIpc) is 2.98. The van der Waals surface area contributed by atoms with Crippen LogP contribution in [-0.4, -0.2) is 49.8 Å². The first-order valence-electron chi connectivity index (χ1n) is 7.42. The highest BCUT2D eigenvalue weighted by atomic mass is 32.1. The first-order valence-corrected chi connectivity index (χ1v) is 8.24. The quantitative estimate of drug-likeness (QED) is 0.824. The second kappa shape index (κ2) is 6.67. The van der Waals surface area contributed by atoms with Crippen molar-refractivity contribution in [2.24, 2.45) is 0 Å². The van der Waals surface area contributed by atoms with E-state index in [1.54, 1.807) is 25.6 Å². The van der Waals surface area contributed by atoms with E-state index in [9.17, 15) is 0 Å². The maximum Gasteiger partial charge on any atom is 0.218 e. The second-order valence-electron chi connectivity index (χ2n) is 5.55. The van der Waals surface area contributed by atoms with Crippen LogP contribution in [0.15, 0.2) is 6.07 Å². The van der Waals surface area contributed by atoms with Gasteiger partial charge in [-0.2, -0.15) is 4.98 Å². The maximum absolute atomic E-state index is 5.29. The van der Waals surface area contributed by atoms with E-state index >= 15 is 0 Å². The van der Waals surface area contributed by atoms with Gasteiger partial charge < -0.3 is 19.3 Å². The predicted octanol–water partition coefficient (Wildman–Crippen LogP) is 1.72. The molecule has 0 radical (unpaired) electrons. The summed E-state index contributed by atoms with van der Waals surface area (Å²) in [6.45, 7) is 2.07. The van der Waals surface area contributed by atoms with Gasteiger partial charge in [0.15, 0.2) is 11.0 Å². The molecule has 0 aliphatic carbocycles.